The molecule has 0 aromatic carbocycles. The molecule has 19 heavy (non-hydrogen) atoms. The Bertz CT molecular complexity index is 444. The lowest BCUT2D eigenvalue weighted by molar-refractivity contribution is -0.130. The molecule has 0 aliphatic carbocycles. The number of hydrazine groups is 1. The smallest absolute Gasteiger partial charge is 0.241 e. The number of piperidine rings is 1. The average Bonchev–Trinajstić information content (AvgIpc) is 2.47. The van der Waals surface area contributed by atoms with Crippen LogP contribution in [0.2, 0.25) is 0 Å². The molecule has 0 atom stereocenters. The Hall–Kier alpha value is -1.89. The Morgan fingerprint density at radius 2 is 2.16 bits per heavy atom. The highest BCUT2D eigenvalue weighted by molar-refractivity contribution is 5.80. The lowest BCUT2D eigenvalue weighted by Gasteiger charge is -2.26. The molecule has 2 heterocycles. The summed E-state index contributed by atoms with van der Waals surface area (Å²) in [6.45, 7) is 3.85. The molecule has 1 aromatic heterocycles. The Labute approximate surface area is 112 Å². The molecule has 0 radical (unpaired) electrons. The van der Waals surface area contributed by atoms with Crippen molar-refractivity contribution in [3.05, 3.63) is 11.8 Å². The first-order valence-corrected chi connectivity index (χ1v) is 6.52. The number of hydrogen-bond donors (Lipinski definition) is 3. The number of nitrogens with two attached hydrogens (primary N) is 1. The van der Waals surface area contributed by atoms with Gasteiger partial charge in [-0.1, -0.05) is 0 Å². The summed E-state index contributed by atoms with van der Waals surface area (Å²) in [5.41, 5.74) is 3.27. The topological polar surface area (TPSA) is 96.2 Å². The number of rotatable bonds is 4. The number of nitrogens with one attached hydrogen (secondary N) is 2. The highest BCUT2D eigenvalue weighted by Gasteiger charge is 2.16. The van der Waals surface area contributed by atoms with E-state index >= 15 is 0 Å². The molecule has 0 bridgehead atoms. The Kier molecular flexibility index (Phi) is 4.51. The van der Waals surface area contributed by atoms with Gasteiger partial charge in [0.05, 0.1) is 6.54 Å². The highest BCUT2D eigenvalue weighted by atomic mass is 16.2. The van der Waals surface area contributed by atoms with Gasteiger partial charge in [-0.05, 0) is 26.2 Å². The summed E-state index contributed by atoms with van der Waals surface area (Å²) in [6.07, 6.45) is 5.07. The molecule has 7 nitrogen and oxygen atoms in total. The monoisotopic (exact) mass is 264 g/mol. The zero-order chi connectivity index (χ0) is 13.7. The molecule has 4 N–H and O–H groups in total. The fourth-order valence-corrected chi connectivity index (χ4v) is 2.10. The number of aryl methyl sites for hydroxylation is 1. The average molecular weight is 264 g/mol. The Morgan fingerprint density at radius 3 is 2.84 bits per heavy atom. The van der Waals surface area contributed by atoms with E-state index in [4.69, 9.17) is 5.84 Å². The predicted molar refractivity (Wildman–Crippen MR) is 73.5 cm³/mol. The molecule has 0 unspecified atom stereocenters. The van der Waals surface area contributed by atoms with Crippen LogP contribution in [0.4, 0.5) is 11.8 Å². The first kappa shape index (κ1) is 13.5. The van der Waals surface area contributed by atoms with Crippen LogP contribution in [-0.4, -0.2) is 40.4 Å². The van der Waals surface area contributed by atoms with Crippen LogP contribution in [0.25, 0.3) is 0 Å². The van der Waals surface area contributed by atoms with Crippen molar-refractivity contribution in [1.82, 2.24) is 14.9 Å². The van der Waals surface area contributed by atoms with Crippen LogP contribution in [0, 0.1) is 6.92 Å². The Morgan fingerprint density at radius 1 is 1.42 bits per heavy atom. The largest absolute Gasteiger partial charge is 0.361 e. The Balaban J connectivity index is 1.92. The van der Waals surface area contributed by atoms with E-state index < -0.39 is 0 Å². The van der Waals surface area contributed by atoms with Gasteiger partial charge in [0.2, 0.25) is 11.9 Å². The van der Waals surface area contributed by atoms with E-state index in [0.29, 0.717) is 11.8 Å². The molecule has 2 rings (SSSR count). The first-order valence-electron chi connectivity index (χ1n) is 6.52. The number of nitrogen functional groups attached to an aromatic ring is 1. The lowest BCUT2D eigenvalue weighted by Crippen LogP contribution is -2.39. The van der Waals surface area contributed by atoms with Crippen LogP contribution in [0.1, 0.15) is 24.8 Å². The van der Waals surface area contributed by atoms with E-state index in [0.717, 1.165) is 31.5 Å². The maximum absolute atomic E-state index is 12.0. The van der Waals surface area contributed by atoms with Crippen molar-refractivity contribution in [2.24, 2.45) is 5.84 Å². The van der Waals surface area contributed by atoms with E-state index in [2.05, 4.69) is 20.7 Å². The third-order valence-corrected chi connectivity index (χ3v) is 3.22. The van der Waals surface area contributed by atoms with Crippen LogP contribution in [0.15, 0.2) is 6.20 Å². The maximum Gasteiger partial charge on any atom is 0.241 e. The second-order valence-electron chi connectivity index (χ2n) is 4.66. The number of carbonyl (C=O) groups is 1. The summed E-state index contributed by atoms with van der Waals surface area (Å²) in [5, 5.41) is 3.05. The van der Waals surface area contributed by atoms with Crippen molar-refractivity contribution in [1.29, 1.82) is 0 Å². The molecule has 1 aliphatic heterocycles. The number of hydrogen-bond acceptors (Lipinski definition) is 6. The summed E-state index contributed by atoms with van der Waals surface area (Å²) in [7, 11) is 0. The number of aromatic nitrogens is 2. The van der Waals surface area contributed by atoms with Gasteiger partial charge >= 0.3 is 0 Å². The van der Waals surface area contributed by atoms with Gasteiger partial charge in [-0.2, -0.15) is 4.98 Å². The molecule has 7 heteroatoms. The highest BCUT2D eigenvalue weighted by Crippen LogP contribution is 2.13. The molecule has 1 amide bonds. The van der Waals surface area contributed by atoms with Gasteiger partial charge in [-0.25, -0.2) is 10.8 Å². The zero-order valence-corrected chi connectivity index (χ0v) is 11.1. The summed E-state index contributed by atoms with van der Waals surface area (Å²) in [4.78, 5) is 22.1. The summed E-state index contributed by atoms with van der Waals surface area (Å²) in [5.74, 6) is 6.34. The second-order valence-corrected chi connectivity index (χ2v) is 4.66. The second kappa shape index (κ2) is 6.33. The third-order valence-electron chi connectivity index (χ3n) is 3.22. The summed E-state index contributed by atoms with van der Waals surface area (Å²) >= 11 is 0. The predicted octanol–water partition coefficient (Wildman–Crippen LogP) is 0.495. The molecule has 1 fully saturated rings. The van der Waals surface area contributed by atoms with Crippen molar-refractivity contribution in [3.63, 3.8) is 0 Å². The van der Waals surface area contributed by atoms with Crippen molar-refractivity contribution in [2.45, 2.75) is 26.2 Å². The number of carbonyl (C=O) groups excluding carboxylic acids is 1. The number of amides is 1. The molecule has 1 aromatic rings. The maximum atomic E-state index is 12.0. The van der Waals surface area contributed by atoms with Crippen LogP contribution in [-0.2, 0) is 4.79 Å². The van der Waals surface area contributed by atoms with Crippen LogP contribution in [0.5, 0.6) is 0 Å². The van der Waals surface area contributed by atoms with Gasteiger partial charge in [0.25, 0.3) is 0 Å². The van der Waals surface area contributed by atoms with Crippen molar-refractivity contribution in [2.75, 3.05) is 30.4 Å². The minimum atomic E-state index is 0.111. The van der Waals surface area contributed by atoms with Crippen LogP contribution < -0.4 is 16.6 Å². The van der Waals surface area contributed by atoms with Crippen LogP contribution >= 0.6 is 0 Å². The quantitative estimate of drug-likeness (QED) is 0.541. The van der Waals surface area contributed by atoms with Gasteiger partial charge in [0.15, 0.2) is 0 Å². The fourth-order valence-electron chi connectivity index (χ4n) is 2.10. The molecule has 1 aliphatic rings. The molecule has 1 saturated heterocycles. The van der Waals surface area contributed by atoms with Crippen LogP contribution in [0.3, 0.4) is 0 Å². The van der Waals surface area contributed by atoms with Gasteiger partial charge in [0.1, 0.15) is 5.82 Å². The normalized spacial score (nSPS) is 15.2. The van der Waals surface area contributed by atoms with Crippen molar-refractivity contribution in [3.8, 4) is 0 Å². The molecular weight excluding hydrogens is 244 g/mol. The first-order chi connectivity index (χ1) is 9.20. The number of nitrogens with zero attached hydrogens (tertiary/aromatic N) is 3. The minimum Gasteiger partial charge on any atom is -0.361 e. The molecule has 0 saturated carbocycles. The minimum absolute atomic E-state index is 0.111. The molecule has 104 valence electrons. The third kappa shape index (κ3) is 3.54. The zero-order valence-electron chi connectivity index (χ0n) is 11.1. The fraction of sp³-hybridized carbons (Fsp3) is 0.583. The van der Waals surface area contributed by atoms with Crippen molar-refractivity contribution < 1.29 is 4.79 Å². The van der Waals surface area contributed by atoms with Gasteiger partial charge in [-0.15, -0.1) is 0 Å². The van der Waals surface area contributed by atoms with E-state index in [1.54, 1.807) is 6.20 Å². The molecular formula is C12H20N6O. The molecule has 0 spiro atoms. The SMILES string of the molecule is Cc1cnc(NN)nc1NCC(=O)N1CCCCC1. The van der Waals surface area contributed by atoms with Gasteiger partial charge < -0.3 is 10.2 Å². The van der Waals surface area contributed by atoms with E-state index in [1.165, 1.54) is 6.42 Å². The van der Waals surface area contributed by atoms with Gasteiger partial charge in [-0.3, -0.25) is 10.2 Å². The van der Waals surface area contributed by atoms with E-state index in [-0.39, 0.29) is 12.5 Å². The lowest BCUT2D eigenvalue weighted by atomic mass is 10.1. The van der Waals surface area contributed by atoms with E-state index in [9.17, 15) is 4.79 Å². The summed E-state index contributed by atoms with van der Waals surface area (Å²) < 4.78 is 0. The summed E-state index contributed by atoms with van der Waals surface area (Å²) in [6, 6.07) is 0. The van der Waals surface area contributed by atoms with Crippen molar-refractivity contribution >= 4 is 17.7 Å². The van der Waals surface area contributed by atoms with E-state index in [1.807, 2.05) is 11.8 Å². The standard InChI is InChI=1S/C12H20N6O/c1-9-7-15-12(17-13)16-11(9)14-8-10(19)18-5-3-2-4-6-18/h7H,2-6,8,13H2,1H3,(H2,14,15,16,17). The number of anilines is 2. The number of likely N-dealkylation sites (tertiary alicyclic amines) is 1. The van der Waals surface area contributed by atoms with Gasteiger partial charge in [0, 0.05) is 24.8 Å².